The standard InChI is InChI=1S/C24H23Cl3N4O3/c1-29-8-6-18(7-9-29)30(2)22(32)14-4-3-5-17(10-14)28-21-20(27)23(33)31(24(21)34)19-12-15(25)11-16(26)13-19/h3-5,10-13,18,28H,6-9H2,1-2H3/p+1. The first-order valence-electron chi connectivity index (χ1n) is 10.9. The molecule has 0 saturated carbocycles. The number of nitrogens with one attached hydrogen (secondary N) is 2. The molecule has 0 bridgehead atoms. The average molecular weight is 523 g/mol. The van der Waals surface area contributed by atoms with Gasteiger partial charge in [-0.25, -0.2) is 4.90 Å². The van der Waals surface area contributed by atoms with Crippen LogP contribution in [0.5, 0.6) is 0 Å². The van der Waals surface area contributed by atoms with Crippen LogP contribution in [-0.4, -0.2) is 55.8 Å². The Balaban J connectivity index is 1.53. The van der Waals surface area contributed by atoms with Crippen molar-refractivity contribution in [1.82, 2.24) is 4.90 Å². The highest BCUT2D eigenvalue weighted by atomic mass is 35.5. The molecule has 2 aromatic rings. The van der Waals surface area contributed by atoms with Crippen LogP contribution in [0.3, 0.4) is 0 Å². The Kier molecular flexibility index (Phi) is 7.19. The van der Waals surface area contributed by atoms with Crippen LogP contribution in [-0.2, 0) is 9.59 Å². The molecule has 1 saturated heterocycles. The number of amides is 3. The second kappa shape index (κ2) is 9.96. The van der Waals surface area contributed by atoms with Crippen molar-refractivity contribution in [1.29, 1.82) is 0 Å². The molecule has 1 fully saturated rings. The zero-order valence-corrected chi connectivity index (χ0v) is 21.0. The molecule has 3 amide bonds. The van der Waals surface area contributed by atoms with E-state index in [2.05, 4.69) is 12.4 Å². The van der Waals surface area contributed by atoms with E-state index < -0.39 is 11.8 Å². The van der Waals surface area contributed by atoms with E-state index >= 15 is 0 Å². The summed E-state index contributed by atoms with van der Waals surface area (Å²) in [6.45, 7) is 2.06. The van der Waals surface area contributed by atoms with Crippen LogP contribution in [0.2, 0.25) is 10.0 Å². The summed E-state index contributed by atoms with van der Waals surface area (Å²) in [7, 11) is 3.98. The zero-order valence-electron chi connectivity index (χ0n) is 18.7. The third-order valence-electron chi connectivity index (χ3n) is 6.19. The Morgan fingerprint density at radius 2 is 1.68 bits per heavy atom. The van der Waals surface area contributed by atoms with Gasteiger partial charge < -0.3 is 15.1 Å². The Bertz CT molecular complexity index is 1170. The number of likely N-dealkylation sites (tertiary alicyclic amines) is 1. The number of carbonyl (C=O) groups excluding carboxylic acids is 3. The van der Waals surface area contributed by atoms with Gasteiger partial charge in [0, 0.05) is 47.2 Å². The lowest BCUT2D eigenvalue weighted by atomic mass is 10.0. The van der Waals surface area contributed by atoms with Crippen molar-refractivity contribution in [3.8, 4) is 0 Å². The van der Waals surface area contributed by atoms with Gasteiger partial charge in [-0.15, -0.1) is 0 Å². The molecular formula is C24H24Cl3N4O3+. The molecule has 0 radical (unpaired) electrons. The Morgan fingerprint density at radius 1 is 1.03 bits per heavy atom. The number of hydrogen-bond acceptors (Lipinski definition) is 4. The summed E-state index contributed by atoms with van der Waals surface area (Å²) in [5.74, 6) is -1.43. The highest BCUT2D eigenvalue weighted by Gasteiger charge is 2.39. The molecule has 0 atom stereocenters. The van der Waals surface area contributed by atoms with Crippen molar-refractivity contribution in [3.63, 3.8) is 0 Å². The normalized spacial score (nSPS) is 20.7. The van der Waals surface area contributed by atoms with Gasteiger partial charge in [0.05, 0.1) is 25.8 Å². The third-order valence-corrected chi connectivity index (χ3v) is 6.98. The number of hydrogen-bond donors (Lipinski definition) is 2. The van der Waals surface area contributed by atoms with Gasteiger partial charge in [0.25, 0.3) is 17.7 Å². The van der Waals surface area contributed by atoms with E-state index in [4.69, 9.17) is 34.8 Å². The molecule has 2 aliphatic heterocycles. The molecule has 2 aromatic carbocycles. The highest BCUT2D eigenvalue weighted by molar-refractivity contribution is 6.53. The number of piperidine rings is 1. The van der Waals surface area contributed by atoms with E-state index in [0.29, 0.717) is 11.3 Å². The van der Waals surface area contributed by atoms with Crippen molar-refractivity contribution >= 4 is 63.9 Å². The molecule has 178 valence electrons. The Morgan fingerprint density at radius 3 is 2.32 bits per heavy atom. The van der Waals surface area contributed by atoms with E-state index in [1.54, 1.807) is 29.2 Å². The van der Waals surface area contributed by atoms with Crippen LogP contribution >= 0.6 is 34.8 Å². The van der Waals surface area contributed by atoms with Crippen LogP contribution < -0.4 is 15.1 Å². The number of carbonyl (C=O) groups is 3. The molecule has 10 heteroatoms. The molecule has 2 heterocycles. The predicted octanol–water partition coefficient (Wildman–Crippen LogP) is 3.18. The van der Waals surface area contributed by atoms with Gasteiger partial charge >= 0.3 is 0 Å². The Labute approximate surface area is 212 Å². The number of imide groups is 1. The Hall–Kier alpha value is -2.58. The van der Waals surface area contributed by atoms with Crippen LogP contribution in [0.15, 0.2) is 53.2 Å². The summed E-state index contributed by atoms with van der Waals surface area (Å²) in [4.78, 5) is 43.0. The molecule has 0 spiro atoms. The van der Waals surface area contributed by atoms with E-state index in [0.717, 1.165) is 30.8 Å². The summed E-state index contributed by atoms with van der Waals surface area (Å²) in [5, 5.41) is 3.21. The van der Waals surface area contributed by atoms with E-state index in [9.17, 15) is 14.4 Å². The maximum atomic E-state index is 13.1. The van der Waals surface area contributed by atoms with Gasteiger partial charge in [0.1, 0.15) is 10.7 Å². The first kappa shape index (κ1) is 24.5. The van der Waals surface area contributed by atoms with Crippen LogP contribution in [0.25, 0.3) is 0 Å². The number of nitrogens with zero attached hydrogens (tertiary/aromatic N) is 2. The van der Waals surface area contributed by atoms with Crippen molar-refractivity contribution in [2.45, 2.75) is 18.9 Å². The molecule has 34 heavy (non-hydrogen) atoms. The van der Waals surface area contributed by atoms with Crippen molar-refractivity contribution < 1.29 is 19.3 Å². The van der Waals surface area contributed by atoms with Crippen LogP contribution in [0.4, 0.5) is 11.4 Å². The molecule has 2 N–H and O–H groups in total. The molecular weight excluding hydrogens is 499 g/mol. The molecule has 4 rings (SSSR count). The fourth-order valence-corrected chi connectivity index (χ4v) is 4.97. The number of benzene rings is 2. The molecule has 0 unspecified atom stereocenters. The van der Waals surface area contributed by atoms with Crippen molar-refractivity contribution in [3.05, 3.63) is 68.8 Å². The smallest absolute Gasteiger partial charge is 0.283 e. The monoisotopic (exact) mass is 521 g/mol. The fourth-order valence-electron chi connectivity index (χ4n) is 4.24. The van der Waals surface area contributed by atoms with Gasteiger partial charge in [0.2, 0.25) is 0 Å². The zero-order chi connectivity index (χ0) is 24.6. The maximum Gasteiger partial charge on any atom is 0.283 e. The van der Waals surface area contributed by atoms with Gasteiger partial charge in [-0.2, -0.15) is 0 Å². The second-order valence-electron chi connectivity index (χ2n) is 8.57. The summed E-state index contributed by atoms with van der Waals surface area (Å²) < 4.78 is 0. The topological polar surface area (TPSA) is 74.2 Å². The average Bonchev–Trinajstić information content (AvgIpc) is 3.01. The molecule has 0 aliphatic carbocycles. The predicted molar refractivity (Wildman–Crippen MR) is 134 cm³/mol. The minimum Gasteiger partial charge on any atom is -0.350 e. The SMILES string of the molecule is CN(C(=O)c1cccc(NC2=C(Cl)C(=O)N(c3cc(Cl)cc(Cl)c3)C2=O)c1)C1CC[NH+](C)CC1. The maximum absolute atomic E-state index is 13.1. The lowest BCUT2D eigenvalue weighted by molar-refractivity contribution is -0.885. The van der Waals surface area contributed by atoms with E-state index in [-0.39, 0.29) is 38.4 Å². The quantitative estimate of drug-likeness (QED) is 0.592. The summed E-state index contributed by atoms with van der Waals surface area (Å²) in [6, 6.07) is 11.4. The molecule has 0 aromatic heterocycles. The van der Waals surface area contributed by atoms with Gasteiger partial charge in [-0.05, 0) is 36.4 Å². The lowest BCUT2D eigenvalue weighted by Gasteiger charge is -2.33. The van der Waals surface area contributed by atoms with Gasteiger partial charge in [0.15, 0.2) is 0 Å². The lowest BCUT2D eigenvalue weighted by Crippen LogP contribution is -3.10. The minimum atomic E-state index is -0.691. The van der Waals surface area contributed by atoms with Crippen molar-refractivity contribution in [2.24, 2.45) is 0 Å². The van der Waals surface area contributed by atoms with Crippen LogP contribution in [0, 0.1) is 0 Å². The van der Waals surface area contributed by atoms with E-state index in [1.165, 1.54) is 23.1 Å². The summed E-state index contributed by atoms with van der Waals surface area (Å²) in [6.07, 6.45) is 1.91. The largest absolute Gasteiger partial charge is 0.350 e. The first-order valence-corrected chi connectivity index (χ1v) is 12.0. The van der Waals surface area contributed by atoms with Crippen molar-refractivity contribution in [2.75, 3.05) is 37.4 Å². The number of anilines is 2. The van der Waals surface area contributed by atoms with Gasteiger partial charge in [-0.3, -0.25) is 14.4 Å². The van der Waals surface area contributed by atoms with Crippen LogP contribution in [0.1, 0.15) is 23.2 Å². The second-order valence-corrected chi connectivity index (χ2v) is 9.82. The highest BCUT2D eigenvalue weighted by Crippen LogP contribution is 2.33. The minimum absolute atomic E-state index is 0.0842. The number of halogens is 3. The van der Waals surface area contributed by atoms with E-state index in [1.807, 2.05) is 7.05 Å². The number of quaternary nitrogens is 1. The fraction of sp³-hybridized carbons (Fsp3) is 0.292. The molecule has 7 nitrogen and oxygen atoms in total. The summed E-state index contributed by atoms with van der Waals surface area (Å²) in [5.41, 5.74) is 1.07. The first-order chi connectivity index (χ1) is 16.2. The third kappa shape index (κ3) is 4.93. The van der Waals surface area contributed by atoms with Gasteiger partial charge in [-0.1, -0.05) is 40.9 Å². The summed E-state index contributed by atoms with van der Waals surface area (Å²) >= 11 is 18.3. The number of rotatable bonds is 5. The molecule has 2 aliphatic rings.